The van der Waals surface area contributed by atoms with Gasteiger partial charge in [-0.3, -0.25) is 4.79 Å². The Labute approximate surface area is 133 Å². The number of hydrogen-bond donors (Lipinski definition) is 1. The van der Waals surface area contributed by atoms with Crippen LogP contribution in [0.15, 0.2) is 48.5 Å². The van der Waals surface area contributed by atoms with Crippen LogP contribution in [0.1, 0.15) is 18.9 Å². The number of nitrogens with one attached hydrogen (secondary N) is 1. The molecule has 1 amide bonds. The van der Waals surface area contributed by atoms with Crippen molar-refractivity contribution in [3.8, 4) is 11.5 Å². The lowest BCUT2D eigenvalue weighted by molar-refractivity contribution is -0.115. The number of anilines is 1. The highest BCUT2D eigenvalue weighted by Crippen LogP contribution is 2.29. The van der Waals surface area contributed by atoms with Crippen molar-refractivity contribution in [1.29, 1.82) is 0 Å². The minimum absolute atomic E-state index is 0.0718. The first-order valence-electron chi connectivity index (χ1n) is 6.88. The molecule has 4 heteroatoms. The summed E-state index contributed by atoms with van der Waals surface area (Å²) in [5.74, 6) is 1.30. The number of halogens is 1. The molecule has 2 aromatic carbocycles. The minimum atomic E-state index is -0.204. The number of alkyl halides is 1. The summed E-state index contributed by atoms with van der Waals surface area (Å²) in [4.78, 5) is 11.8. The van der Waals surface area contributed by atoms with Gasteiger partial charge in [0.15, 0.2) is 5.75 Å². The summed E-state index contributed by atoms with van der Waals surface area (Å²) >= 11 is 3.35. The van der Waals surface area contributed by atoms with E-state index in [0.717, 1.165) is 12.2 Å². The summed E-state index contributed by atoms with van der Waals surface area (Å²) in [6.07, 6.45) is 0.729. The number of rotatable bonds is 5. The van der Waals surface area contributed by atoms with E-state index in [1.807, 2.05) is 62.4 Å². The van der Waals surface area contributed by atoms with E-state index in [4.69, 9.17) is 4.74 Å². The lowest BCUT2D eigenvalue weighted by Gasteiger charge is -2.13. The van der Waals surface area contributed by atoms with Gasteiger partial charge in [0.2, 0.25) is 5.91 Å². The largest absolute Gasteiger partial charge is 0.455 e. The summed E-state index contributed by atoms with van der Waals surface area (Å²) in [6, 6.07) is 15.2. The molecule has 1 atom stereocenters. The Balaban J connectivity index is 2.17. The molecule has 0 aliphatic heterocycles. The summed E-state index contributed by atoms with van der Waals surface area (Å²) in [7, 11) is 0. The number of aryl methyl sites for hydroxylation is 1. The van der Waals surface area contributed by atoms with Crippen molar-refractivity contribution >= 4 is 27.5 Å². The van der Waals surface area contributed by atoms with Crippen molar-refractivity contribution < 1.29 is 9.53 Å². The van der Waals surface area contributed by atoms with E-state index in [2.05, 4.69) is 21.2 Å². The molecule has 0 saturated heterocycles. The second-order valence-corrected chi connectivity index (χ2v) is 5.88. The molecule has 0 fully saturated rings. The molecule has 0 aliphatic carbocycles. The van der Waals surface area contributed by atoms with E-state index in [0.29, 0.717) is 11.4 Å². The molecular formula is C17H18BrNO2. The molecule has 0 spiro atoms. The van der Waals surface area contributed by atoms with E-state index in [-0.39, 0.29) is 10.7 Å². The number of amides is 1. The van der Waals surface area contributed by atoms with E-state index in [1.54, 1.807) is 0 Å². The third-order valence-corrected chi connectivity index (χ3v) is 4.10. The van der Waals surface area contributed by atoms with Crippen LogP contribution in [0.5, 0.6) is 11.5 Å². The fraction of sp³-hybridized carbons (Fsp3) is 0.235. The number of hydrogen-bond acceptors (Lipinski definition) is 2. The molecule has 0 radical (unpaired) electrons. The summed E-state index contributed by atoms with van der Waals surface area (Å²) in [6.45, 7) is 3.98. The zero-order valence-electron chi connectivity index (χ0n) is 12.1. The zero-order chi connectivity index (χ0) is 15.2. The van der Waals surface area contributed by atoms with Gasteiger partial charge in [-0.1, -0.05) is 52.7 Å². The Morgan fingerprint density at radius 2 is 1.86 bits per heavy atom. The number of carbonyl (C=O) groups excluding carboxylic acids is 1. The van der Waals surface area contributed by atoms with Gasteiger partial charge in [-0.15, -0.1) is 0 Å². The molecule has 1 unspecified atom stereocenters. The van der Waals surface area contributed by atoms with Crippen LogP contribution in [-0.4, -0.2) is 10.7 Å². The normalized spacial score (nSPS) is 11.8. The summed E-state index contributed by atoms with van der Waals surface area (Å²) in [5, 5.41) is 2.88. The van der Waals surface area contributed by atoms with E-state index < -0.39 is 0 Å². The van der Waals surface area contributed by atoms with Crippen molar-refractivity contribution in [2.75, 3.05) is 5.32 Å². The van der Waals surface area contributed by atoms with Crippen molar-refractivity contribution in [3.63, 3.8) is 0 Å². The highest BCUT2D eigenvalue weighted by Gasteiger charge is 2.14. The van der Waals surface area contributed by atoms with Crippen LogP contribution in [0.4, 0.5) is 5.69 Å². The fourth-order valence-corrected chi connectivity index (χ4v) is 1.90. The standard InChI is InChI=1S/C17H18BrNO2/c1-3-14(18)17(20)19-15-6-4-5-7-16(15)21-13-10-8-12(2)9-11-13/h4-11,14H,3H2,1-2H3,(H,19,20). The van der Waals surface area contributed by atoms with Crippen molar-refractivity contribution in [2.45, 2.75) is 25.1 Å². The third-order valence-electron chi connectivity index (χ3n) is 3.04. The molecule has 0 saturated carbocycles. The molecule has 0 heterocycles. The molecule has 2 rings (SSSR count). The van der Waals surface area contributed by atoms with E-state index >= 15 is 0 Å². The van der Waals surface area contributed by atoms with Crippen molar-refractivity contribution in [1.82, 2.24) is 0 Å². The van der Waals surface area contributed by atoms with Crippen LogP contribution >= 0.6 is 15.9 Å². The van der Waals surface area contributed by atoms with Crippen LogP contribution in [0, 0.1) is 6.92 Å². The Hall–Kier alpha value is -1.81. The minimum Gasteiger partial charge on any atom is -0.455 e. The lowest BCUT2D eigenvalue weighted by atomic mass is 10.2. The molecule has 0 aliphatic rings. The van der Waals surface area contributed by atoms with Crippen molar-refractivity contribution in [3.05, 3.63) is 54.1 Å². The fourth-order valence-electron chi connectivity index (χ4n) is 1.79. The van der Waals surface area contributed by atoms with Gasteiger partial charge in [0.1, 0.15) is 5.75 Å². The summed E-state index contributed by atoms with van der Waals surface area (Å²) in [5.41, 5.74) is 1.84. The number of para-hydroxylation sites is 2. The Bertz CT molecular complexity index is 610. The van der Waals surface area contributed by atoms with E-state index in [9.17, 15) is 4.79 Å². The predicted molar refractivity (Wildman–Crippen MR) is 89.3 cm³/mol. The van der Waals surface area contributed by atoms with Gasteiger partial charge in [0.25, 0.3) is 0 Å². The van der Waals surface area contributed by atoms with Gasteiger partial charge in [-0.05, 0) is 37.6 Å². The third kappa shape index (κ3) is 4.33. The van der Waals surface area contributed by atoms with Gasteiger partial charge in [-0.25, -0.2) is 0 Å². The highest BCUT2D eigenvalue weighted by atomic mass is 79.9. The molecule has 110 valence electrons. The van der Waals surface area contributed by atoms with Crippen molar-refractivity contribution in [2.24, 2.45) is 0 Å². The smallest absolute Gasteiger partial charge is 0.238 e. The number of ether oxygens (including phenoxy) is 1. The highest BCUT2D eigenvalue weighted by molar-refractivity contribution is 9.10. The van der Waals surface area contributed by atoms with Gasteiger partial charge >= 0.3 is 0 Å². The van der Waals surface area contributed by atoms with Gasteiger partial charge in [0, 0.05) is 0 Å². The number of benzene rings is 2. The maximum Gasteiger partial charge on any atom is 0.238 e. The Kier molecular flexibility index (Phi) is 5.39. The molecule has 2 aromatic rings. The molecular weight excluding hydrogens is 330 g/mol. The number of carbonyl (C=O) groups is 1. The first-order chi connectivity index (χ1) is 10.1. The zero-order valence-corrected chi connectivity index (χ0v) is 13.7. The quantitative estimate of drug-likeness (QED) is 0.781. The van der Waals surface area contributed by atoms with Crippen LogP contribution < -0.4 is 10.1 Å². The van der Waals surface area contributed by atoms with Gasteiger partial charge in [-0.2, -0.15) is 0 Å². The maximum atomic E-state index is 12.0. The van der Waals surface area contributed by atoms with Crippen LogP contribution in [0.2, 0.25) is 0 Å². The lowest BCUT2D eigenvalue weighted by Crippen LogP contribution is -2.22. The molecule has 21 heavy (non-hydrogen) atoms. The average molecular weight is 348 g/mol. The molecule has 1 N–H and O–H groups in total. The van der Waals surface area contributed by atoms with Crippen LogP contribution in [0.25, 0.3) is 0 Å². The predicted octanol–water partition coefficient (Wildman–Crippen LogP) is 4.90. The summed E-state index contributed by atoms with van der Waals surface area (Å²) < 4.78 is 5.85. The monoisotopic (exact) mass is 347 g/mol. The SMILES string of the molecule is CCC(Br)C(=O)Nc1ccccc1Oc1ccc(C)cc1. The Morgan fingerprint density at radius 1 is 1.19 bits per heavy atom. The second kappa shape index (κ2) is 7.27. The van der Waals surface area contributed by atoms with Gasteiger partial charge < -0.3 is 10.1 Å². The average Bonchev–Trinajstić information content (AvgIpc) is 2.50. The molecule has 0 aromatic heterocycles. The van der Waals surface area contributed by atoms with Crippen LogP contribution in [-0.2, 0) is 4.79 Å². The first-order valence-corrected chi connectivity index (χ1v) is 7.80. The second-order valence-electron chi connectivity index (χ2n) is 4.78. The van der Waals surface area contributed by atoms with Crippen LogP contribution in [0.3, 0.4) is 0 Å². The van der Waals surface area contributed by atoms with Gasteiger partial charge in [0.05, 0.1) is 10.5 Å². The maximum absolute atomic E-state index is 12.0. The molecule has 3 nitrogen and oxygen atoms in total. The Morgan fingerprint density at radius 3 is 2.52 bits per heavy atom. The topological polar surface area (TPSA) is 38.3 Å². The molecule has 0 bridgehead atoms. The first kappa shape index (κ1) is 15.6. The van der Waals surface area contributed by atoms with E-state index in [1.165, 1.54) is 5.56 Å².